The molecule has 3 rings (SSSR count). The van der Waals surface area contributed by atoms with Crippen LogP contribution in [0.4, 0.5) is 0 Å². The quantitative estimate of drug-likeness (QED) is 0.946. The number of aromatic nitrogens is 4. The molecule has 1 aromatic carbocycles. The third-order valence-electron chi connectivity index (χ3n) is 5.73. The fraction of sp³-hybridized carbons (Fsp3) is 0.611. The molecule has 0 saturated heterocycles. The van der Waals surface area contributed by atoms with Crippen LogP contribution in [0.5, 0.6) is 0 Å². The van der Waals surface area contributed by atoms with E-state index < -0.39 is 0 Å². The summed E-state index contributed by atoms with van der Waals surface area (Å²) in [4.78, 5) is 0. The molecule has 0 aliphatic heterocycles. The molecule has 5 heteroatoms. The third-order valence-corrected chi connectivity index (χ3v) is 5.73. The van der Waals surface area contributed by atoms with Crippen molar-refractivity contribution in [1.29, 1.82) is 0 Å². The predicted octanol–water partition coefficient (Wildman–Crippen LogP) is 3.15. The van der Waals surface area contributed by atoms with E-state index in [4.69, 9.17) is 0 Å². The molecule has 1 heterocycles. The molecular formula is C18H27N5. The van der Waals surface area contributed by atoms with Crippen LogP contribution < -0.4 is 5.32 Å². The Hall–Kier alpha value is -1.75. The maximum atomic E-state index is 4.48. The molecule has 1 aliphatic rings. The van der Waals surface area contributed by atoms with E-state index >= 15 is 0 Å². The molecule has 2 aromatic rings. The van der Waals surface area contributed by atoms with Gasteiger partial charge in [-0.25, -0.2) is 0 Å². The fourth-order valence-electron chi connectivity index (χ4n) is 4.45. The Kier molecular flexibility index (Phi) is 4.23. The first-order chi connectivity index (χ1) is 11.0. The smallest absolute Gasteiger partial charge is 0.177 e. The number of nitrogens with one attached hydrogen (secondary N) is 1. The molecule has 5 nitrogen and oxygen atoms in total. The predicted molar refractivity (Wildman–Crippen MR) is 91.5 cm³/mol. The molecule has 2 atom stereocenters. The van der Waals surface area contributed by atoms with Gasteiger partial charge in [-0.15, -0.1) is 5.10 Å². The SMILES string of the molecule is CNC1(c2nnnn2-c2c(C)cccc2C)[C@H](C)CCC[C@H]1C. The summed E-state index contributed by atoms with van der Waals surface area (Å²) in [6.07, 6.45) is 3.67. The van der Waals surface area contributed by atoms with Crippen molar-refractivity contribution >= 4 is 0 Å². The van der Waals surface area contributed by atoms with Crippen molar-refractivity contribution in [2.24, 2.45) is 11.8 Å². The van der Waals surface area contributed by atoms with Gasteiger partial charge in [0.25, 0.3) is 0 Å². The van der Waals surface area contributed by atoms with Crippen molar-refractivity contribution in [2.75, 3.05) is 7.05 Å². The molecule has 1 saturated carbocycles. The normalized spacial score (nSPS) is 23.9. The first kappa shape index (κ1) is 16.1. The van der Waals surface area contributed by atoms with E-state index in [9.17, 15) is 0 Å². The summed E-state index contributed by atoms with van der Waals surface area (Å²) in [5.74, 6) is 1.92. The van der Waals surface area contributed by atoms with E-state index in [1.54, 1.807) is 0 Å². The Bertz CT molecular complexity index is 660. The number of hydrogen-bond acceptors (Lipinski definition) is 4. The van der Waals surface area contributed by atoms with Gasteiger partial charge >= 0.3 is 0 Å². The summed E-state index contributed by atoms with van der Waals surface area (Å²) in [6, 6.07) is 6.32. The Labute approximate surface area is 138 Å². The zero-order valence-electron chi connectivity index (χ0n) is 14.8. The minimum atomic E-state index is -0.184. The van der Waals surface area contributed by atoms with E-state index in [0.717, 1.165) is 11.5 Å². The molecule has 0 amide bonds. The van der Waals surface area contributed by atoms with Gasteiger partial charge in [-0.2, -0.15) is 4.68 Å². The average Bonchev–Trinajstić information content (AvgIpc) is 2.98. The van der Waals surface area contributed by atoms with Crippen molar-refractivity contribution in [3.63, 3.8) is 0 Å². The highest BCUT2D eigenvalue weighted by molar-refractivity contribution is 5.47. The second kappa shape index (κ2) is 6.04. The van der Waals surface area contributed by atoms with Gasteiger partial charge in [-0.3, -0.25) is 0 Å². The van der Waals surface area contributed by atoms with Crippen LogP contribution >= 0.6 is 0 Å². The van der Waals surface area contributed by atoms with E-state index in [1.807, 2.05) is 11.7 Å². The fourth-order valence-corrected chi connectivity index (χ4v) is 4.45. The van der Waals surface area contributed by atoms with Gasteiger partial charge in [0.15, 0.2) is 5.82 Å². The standard InChI is InChI=1S/C18H27N5/c1-12-8-6-9-13(2)16(12)23-17(20-21-22-23)18(19-5)14(3)10-7-11-15(18)4/h6,8-9,14-15,19H,7,10-11H2,1-5H3/t14-,15-/m1/s1. The molecule has 1 aromatic heterocycles. The van der Waals surface area contributed by atoms with Gasteiger partial charge in [0, 0.05) is 0 Å². The van der Waals surface area contributed by atoms with E-state index in [-0.39, 0.29) is 5.54 Å². The molecule has 1 aliphatic carbocycles. The lowest BCUT2D eigenvalue weighted by molar-refractivity contribution is 0.0860. The summed E-state index contributed by atoms with van der Waals surface area (Å²) in [6.45, 7) is 8.87. The molecule has 0 bridgehead atoms. The highest BCUT2D eigenvalue weighted by atomic mass is 15.6. The topological polar surface area (TPSA) is 55.6 Å². The van der Waals surface area contributed by atoms with E-state index in [2.05, 4.69) is 66.7 Å². The number of rotatable bonds is 3. The van der Waals surface area contributed by atoms with Crippen LogP contribution in [0, 0.1) is 25.7 Å². The largest absolute Gasteiger partial charge is 0.307 e. The van der Waals surface area contributed by atoms with Gasteiger partial charge in [-0.1, -0.05) is 38.5 Å². The Balaban J connectivity index is 2.20. The zero-order chi connectivity index (χ0) is 16.6. The number of benzene rings is 1. The summed E-state index contributed by atoms with van der Waals surface area (Å²) >= 11 is 0. The maximum absolute atomic E-state index is 4.48. The van der Waals surface area contributed by atoms with Crippen molar-refractivity contribution in [1.82, 2.24) is 25.5 Å². The zero-order valence-corrected chi connectivity index (χ0v) is 14.8. The lowest BCUT2D eigenvalue weighted by atomic mass is 9.66. The van der Waals surface area contributed by atoms with Crippen molar-refractivity contribution in [2.45, 2.75) is 52.5 Å². The summed E-state index contributed by atoms with van der Waals surface area (Å²) in [5, 5.41) is 16.5. The van der Waals surface area contributed by atoms with Crippen LogP contribution in [-0.2, 0) is 5.54 Å². The highest BCUT2D eigenvalue weighted by Crippen LogP contribution is 2.44. The number of aryl methyl sites for hydroxylation is 2. The van der Waals surface area contributed by atoms with Gasteiger partial charge in [0.05, 0.1) is 11.2 Å². The van der Waals surface area contributed by atoms with Crippen LogP contribution in [0.25, 0.3) is 5.69 Å². The van der Waals surface area contributed by atoms with E-state index in [1.165, 1.54) is 30.4 Å². The molecule has 0 radical (unpaired) electrons. The summed E-state index contributed by atoms with van der Waals surface area (Å²) in [5.41, 5.74) is 3.31. The average molecular weight is 313 g/mol. The minimum Gasteiger partial charge on any atom is -0.307 e. The van der Waals surface area contributed by atoms with Crippen LogP contribution in [0.3, 0.4) is 0 Å². The molecular weight excluding hydrogens is 286 g/mol. The molecule has 1 N–H and O–H groups in total. The Morgan fingerprint density at radius 2 is 1.74 bits per heavy atom. The van der Waals surface area contributed by atoms with E-state index in [0.29, 0.717) is 11.8 Å². The molecule has 23 heavy (non-hydrogen) atoms. The number of hydrogen-bond donors (Lipinski definition) is 1. The van der Waals surface area contributed by atoms with Crippen LogP contribution in [-0.4, -0.2) is 27.3 Å². The Morgan fingerprint density at radius 1 is 1.13 bits per heavy atom. The van der Waals surface area contributed by atoms with Crippen LogP contribution in [0.1, 0.15) is 50.1 Å². The highest BCUT2D eigenvalue weighted by Gasteiger charge is 2.48. The maximum Gasteiger partial charge on any atom is 0.177 e. The molecule has 0 spiro atoms. The molecule has 124 valence electrons. The van der Waals surface area contributed by atoms with Gasteiger partial charge in [0.1, 0.15) is 0 Å². The van der Waals surface area contributed by atoms with Crippen LogP contribution in [0.15, 0.2) is 18.2 Å². The van der Waals surface area contributed by atoms with Crippen LogP contribution in [0.2, 0.25) is 0 Å². The first-order valence-electron chi connectivity index (χ1n) is 8.56. The van der Waals surface area contributed by atoms with Gasteiger partial charge in [-0.05, 0) is 67.1 Å². The minimum absolute atomic E-state index is 0.184. The number of para-hydroxylation sites is 1. The summed E-state index contributed by atoms with van der Waals surface area (Å²) in [7, 11) is 2.04. The van der Waals surface area contributed by atoms with Gasteiger partial charge in [0.2, 0.25) is 0 Å². The third kappa shape index (κ3) is 2.38. The summed E-state index contributed by atoms with van der Waals surface area (Å²) < 4.78 is 1.96. The molecule has 0 unspecified atom stereocenters. The lowest BCUT2D eigenvalue weighted by Gasteiger charge is -2.46. The molecule has 1 fully saturated rings. The first-order valence-corrected chi connectivity index (χ1v) is 8.56. The van der Waals surface area contributed by atoms with Crippen molar-refractivity contribution in [3.05, 3.63) is 35.2 Å². The second-order valence-electron chi connectivity index (χ2n) is 7.01. The van der Waals surface area contributed by atoms with Crippen molar-refractivity contribution < 1.29 is 0 Å². The lowest BCUT2D eigenvalue weighted by Crippen LogP contribution is -2.54. The second-order valence-corrected chi connectivity index (χ2v) is 7.01. The van der Waals surface area contributed by atoms with Gasteiger partial charge < -0.3 is 5.32 Å². The monoisotopic (exact) mass is 313 g/mol. The van der Waals surface area contributed by atoms with Crippen molar-refractivity contribution in [3.8, 4) is 5.69 Å². The Morgan fingerprint density at radius 3 is 2.30 bits per heavy atom. The number of nitrogens with zero attached hydrogens (tertiary/aromatic N) is 4. The number of tetrazole rings is 1.